The third-order valence-electron chi connectivity index (χ3n) is 3.84. The van der Waals surface area contributed by atoms with Gasteiger partial charge in [0.25, 0.3) is 10.8 Å². The van der Waals surface area contributed by atoms with E-state index in [1.165, 1.54) is 17.8 Å². The summed E-state index contributed by atoms with van der Waals surface area (Å²) in [6.45, 7) is 2.55. The Bertz CT molecular complexity index is 1110. The molecule has 2 heterocycles. The van der Waals surface area contributed by atoms with Gasteiger partial charge in [-0.15, -0.1) is 0 Å². The summed E-state index contributed by atoms with van der Waals surface area (Å²) < 4.78 is 11.1. The number of benzene rings is 2. The molecule has 2 aromatic heterocycles. The molecule has 7 nitrogen and oxygen atoms in total. The second-order valence-electron chi connectivity index (χ2n) is 5.90. The zero-order chi connectivity index (χ0) is 19.3. The summed E-state index contributed by atoms with van der Waals surface area (Å²) >= 11 is 1.39. The smallest absolute Gasteiger partial charge is 0.257 e. The number of oxazole rings is 1. The van der Waals surface area contributed by atoms with Gasteiger partial charge in [0.05, 0.1) is 12.3 Å². The van der Waals surface area contributed by atoms with Gasteiger partial charge in [0.1, 0.15) is 11.3 Å². The van der Waals surface area contributed by atoms with Crippen molar-refractivity contribution in [2.24, 2.45) is 0 Å². The summed E-state index contributed by atoms with van der Waals surface area (Å²) in [5.74, 6) is 1.64. The molecule has 0 aliphatic rings. The number of hydrogen-bond donors (Lipinski definition) is 2. The van der Waals surface area contributed by atoms with Gasteiger partial charge in [0.15, 0.2) is 5.58 Å². The lowest BCUT2D eigenvalue weighted by atomic mass is 10.3. The molecule has 0 fully saturated rings. The third-order valence-corrected chi connectivity index (χ3v) is 4.70. The molecule has 8 heteroatoms. The van der Waals surface area contributed by atoms with E-state index in [4.69, 9.17) is 9.15 Å². The number of anilines is 2. The maximum absolute atomic E-state index is 12.0. The van der Waals surface area contributed by atoms with Crippen LogP contribution in [0.3, 0.4) is 0 Å². The predicted octanol–water partition coefficient (Wildman–Crippen LogP) is 4.35. The van der Waals surface area contributed by atoms with E-state index in [1.54, 1.807) is 0 Å². The first kappa shape index (κ1) is 18.1. The second-order valence-corrected chi connectivity index (χ2v) is 6.83. The van der Waals surface area contributed by atoms with Gasteiger partial charge >= 0.3 is 0 Å². The highest BCUT2D eigenvalue weighted by Gasteiger charge is 2.08. The minimum atomic E-state index is -0.225. The molecule has 4 aromatic rings. The van der Waals surface area contributed by atoms with E-state index in [0.29, 0.717) is 29.2 Å². The Balaban J connectivity index is 1.46. The highest BCUT2D eigenvalue weighted by Crippen LogP contribution is 2.25. The fraction of sp³-hybridized carbons (Fsp3) is 0.150. The van der Waals surface area contributed by atoms with Gasteiger partial charge < -0.3 is 14.5 Å². The lowest BCUT2D eigenvalue weighted by Gasteiger charge is -2.08. The highest BCUT2D eigenvalue weighted by atomic mass is 32.2. The predicted molar refractivity (Wildman–Crippen MR) is 109 cm³/mol. The first-order chi connectivity index (χ1) is 13.7. The van der Waals surface area contributed by atoms with Crippen LogP contribution in [0.25, 0.3) is 11.1 Å². The number of rotatable bonds is 7. The van der Waals surface area contributed by atoms with E-state index in [1.807, 2.05) is 55.5 Å². The molecule has 142 valence electrons. The number of para-hydroxylation sites is 2. The highest BCUT2D eigenvalue weighted by molar-refractivity contribution is 7.98. The molecule has 0 radical (unpaired) electrons. The number of hydrogen-bond acceptors (Lipinski definition) is 7. The Labute approximate surface area is 165 Å². The Morgan fingerprint density at radius 2 is 1.96 bits per heavy atom. The SMILES string of the molecule is CCOc1ccc(Nc2nc(CSc3nc4ccccc4o3)cc(=O)[nH]2)cc1. The van der Waals surface area contributed by atoms with E-state index >= 15 is 0 Å². The van der Waals surface area contributed by atoms with Crippen LogP contribution >= 0.6 is 11.8 Å². The van der Waals surface area contributed by atoms with Gasteiger partial charge in [0, 0.05) is 17.5 Å². The van der Waals surface area contributed by atoms with E-state index in [2.05, 4.69) is 20.3 Å². The molecule has 0 aliphatic heterocycles. The van der Waals surface area contributed by atoms with Crippen LogP contribution in [-0.4, -0.2) is 21.6 Å². The Hall–Kier alpha value is -3.26. The standard InChI is InChI=1S/C20H18N4O3S/c1-2-26-15-9-7-13(8-10-15)21-19-22-14(11-18(25)24-19)12-28-20-23-16-5-3-4-6-17(16)27-20/h3-11H,2,12H2,1H3,(H2,21,22,24,25). The fourth-order valence-electron chi connectivity index (χ4n) is 2.63. The second kappa shape index (κ2) is 8.18. The molecule has 0 amide bonds. The fourth-order valence-corrected chi connectivity index (χ4v) is 3.36. The van der Waals surface area contributed by atoms with Crippen molar-refractivity contribution in [1.29, 1.82) is 0 Å². The third kappa shape index (κ3) is 4.34. The van der Waals surface area contributed by atoms with Gasteiger partial charge in [-0.2, -0.15) is 0 Å². The lowest BCUT2D eigenvalue weighted by molar-refractivity contribution is 0.340. The van der Waals surface area contributed by atoms with Crippen molar-refractivity contribution in [3.63, 3.8) is 0 Å². The summed E-state index contributed by atoms with van der Waals surface area (Å²) in [6.07, 6.45) is 0. The van der Waals surface area contributed by atoms with Crippen LogP contribution in [0, 0.1) is 0 Å². The summed E-state index contributed by atoms with van der Waals surface area (Å²) in [6, 6.07) is 16.5. The normalized spacial score (nSPS) is 10.9. The van der Waals surface area contributed by atoms with Crippen molar-refractivity contribution in [1.82, 2.24) is 15.0 Å². The van der Waals surface area contributed by atoms with Crippen LogP contribution in [0.15, 0.2) is 69.0 Å². The van der Waals surface area contributed by atoms with Crippen LogP contribution in [0.1, 0.15) is 12.6 Å². The van der Waals surface area contributed by atoms with Gasteiger partial charge in [-0.05, 0) is 43.3 Å². The number of fused-ring (bicyclic) bond motifs is 1. The van der Waals surface area contributed by atoms with Crippen LogP contribution in [0.5, 0.6) is 5.75 Å². The molecule has 0 saturated heterocycles. The number of nitrogens with zero attached hydrogens (tertiary/aromatic N) is 2. The molecule has 28 heavy (non-hydrogen) atoms. The van der Waals surface area contributed by atoms with Crippen LogP contribution < -0.4 is 15.6 Å². The van der Waals surface area contributed by atoms with Crippen LogP contribution in [-0.2, 0) is 5.75 Å². The number of aromatic amines is 1. The topological polar surface area (TPSA) is 93.0 Å². The summed E-state index contributed by atoms with van der Waals surface area (Å²) in [4.78, 5) is 23.6. The molecule has 2 N–H and O–H groups in total. The molecule has 0 atom stereocenters. The Kier molecular flexibility index (Phi) is 5.29. The average Bonchev–Trinajstić information content (AvgIpc) is 3.11. The van der Waals surface area contributed by atoms with Gasteiger partial charge in [-0.25, -0.2) is 9.97 Å². The number of thioether (sulfide) groups is 1. The van der Waals surface area contributed by atoms with E-state index < -0.39 is 0 Å². The quantitative estimate of drug-likeness (QED) is 0.450. The van der Waals surface area contributed by atoms with Gasteiger partial charge in [0.2, 0.25) is 5.95 Å². The van der Waals surface area contributed by atoms with Crippen LogP contribution in [0.2, 0.25) is 0 Å². The maximum atomic E-state index is 12.0. The van der Waals surface area contributed by atoms with Crippen molar-refractivity contribution in [3.8, 4) is 5.75 Å². The minimum Gasteiger partial charge on any atom is -0.494 e. The molecule has 4 rings (SSSR count). The Morgan fingerprint density at radius 3 is 2.75 bits per heavy atom. The van der Waals surface area contributed by atoms with Crippen molar-refractivity contribution in [2.45, 2.75) is 17.9 Å². The number of nitrogens with one attached hydrogen (secondary N) is 2. The summed E-state index contributed by atoms with van der Waals surface area (Å²) in [7, 11) is 0. The van der Waals surface area contributed by atoms with Gasteiger partial charge in [-0.1, -0.05) is 23.9 Å². The van der Waals surface area contributed by atoms with Crippen molar-refractivity contribution < 1.29 is 9.15 Å². The monoisotopic (exact) mass is 394 g/mol. The van der Waals surface area contributed by atoms with Gasteiger partial charge in [-0.3, -0.25) is 9.78 Å². The minimum absolute atomic E-state index is 0.225. The molecular formula is C20H18N4O3S. The largest absolute Gasteiger partial charge is 0.494 e. The van der Waals surface area contributed by atoms with E-state index in [-0.39, 0.29) is 5.56 Å². The number of ether oxygens (including phenoxy) is 1. The zero-order valence-electron chi connectivity index (χ0n) is 15.1. The number of aromatic nitrogens is 3. The number of H-pyrrole nitrogens is 1. The molecular weight excluding hydrogens is 376 g/mol. The summed E-state index contributed by atoms with van der Waals surface area (Å²) in [5, 5.41) is 3.65. The summed E-state index contributed by atoms with van der Waals surface area (Å²) in [5.41, 5.74) is 2.75. The molecule has 0 unspecified atom stereocenters. The van der Waals surface area contributed by atoms with Crippen LogP contribution in [0.4, 0.5) is 11.6 Å². The molecule has 2 aromatic carbocycles. The molecule has 0 saturated carbocycles. The molecule has 0 spiro atoms. The molecule has 0 bridgehead atoms. The zero-order valence-corrected chi connectivity index (χ0v) is 16.0. The van der Waals surface area contributed by atoms with Crippen molar-refractivity contribution in [3.05, 3.63) is 70.6 Å². The van der Waals surface area contributed by atoms with Crippen molar-refractivity contribution in [2.75, 3.05) is 11.9 Å². The van der Waals surface area contributed by atoms with E-state index in [9.17, 15) is 4.79 Å². The first-order valence-corrected chi connectivity index (χ1v) is 9.76. The molecule has 0 aliphatic carbocycles. The maximum Gasteiger partial charge on any atom is 0.257 e. The Morgan fingerprint density at radius 1 is 1.14 bits per heavy atom. The average molecular weight is 394 g/mol. The van der Waals surface area contributed by atoms with Crippen molar-refractivity contribution >= 4 is 34.5 Å². The first-order valence-electron chi connectivity index (χ1n) is 8.78. The van der Waals surface area contributed by atoms with E-state index in [0.717, 1.165) is 22.5 Å². The lowest BCUT2D eigenvalue weighted by Crippen LogP contribution is -2.11.